The summed E-state index contributed by atoms with van der Waals surface area (Å²) in [5, 5.41) is 12.6. The molecule has 1 fully saturated rings. The highest BCUT2D eigenvalue weighted by Gasteiger charge is 2.28. The Kier molecular flexibility index (Phi) is 8.10. The molecule has 190 valence electrons. The molecule has 1 N–H and O–H groups in total. The lowest BCUT2D eigenvalue weighted by molar-refractivity contribution is -0.131. The average molecular weight is 524 g/mol. The number of pyridine rings is 1. The standard InChI is InChI=1S/C27H33N5O2S2/c1-17-6-11-21(24(34)29-26-31-30-25(36-26)27(2,3)4)23(28-17)19-12-14-32(15-13-19)22(33)16-18-7-9-20(35-5)10-8-18/h6-11,19H,12-16H2,1-5H3,(H,29,31,34). The molecular formula is C27H33N5O2S2. The molecule has 4 rings (SSSR count). The van der Waals surface area contributed by atoms with E-state index in [9.17, 15) is 9.59 Å². The summed E-state index contributed by atoms with van der Waals surface area (Å²) in [7, 11) is 0. The molecule has 9 heteroatoms. The Morgan fingerprint density at radius 2 is 1.78 bits per heavy atom. The van der Waals surface area contributed by atoms with E-state index < -0.39 is 0 Å². The van der Waals surface area contributed by atoms with Crippen LogP contribution in [-0.4, -0.2) is 51.2 Å². The Bertz CT molecular complexity index is 1230. The predicted octanol–water partition coefficient (Wildman–Crippen LogP) is 5.46. The zero-order valence-corrected chi connectivity index (χ0v) is 23.1. The number of anilines is 1. The van der Waals surface area contributed by atoms with Gasteiger partial charge in [0.25, 0.3) is 5.91 Å². The zero-order valence-electron chi connectivity index (χ0n) is 21.5. The van der Waals surface area contributed by atoms with Gasteiger partial charge < -0.3 is 4.90 Å². The van der Waals surface area contributed by atoms with E-state index in [1.165, 1.54) is 16.2 Å². The van der Waals surface area contributed by atoms with E-state index in [-0.39, 0.29) is 23.1 Å². The monoisotopic (exact) mass is 523 g/mol. The van der Waals surface area contributed by atoms with Gasteiger partial charge in [0.1, 0.15) is 5.01 Å². The van der Waals surface area contributed by atoms with Crippen molar-refractivity contribution in [2.45, 2.75) is 63.2 Å². The van der Waals surface area contributed by atoms with Gasteiger partial charge in [0, 0.05) is 35.0 Å². The van der Waals surface area contributed by atoms with Gasteiger partial charge >= 0.3 is 0 Å². The molecule has 0 spiro atoms. The van der Waals surface area contributed by atoms with Gasteiger partial charge in [-0.2, -0.15) is 0 Å². The van der Waals surface area contributed by atoms with Gasteiger partial charge in [0.2, 0.25) is 11.0 Å². The molecule has 3 heterocycles. The quantitative estimate of drug-likeness (QED) is 0.432. The molecule has 1 aromatic carbocycles. The van der Waals surface area contributed by atoms with Gasteiger partial charge in [-0.25, -0.2) is 0 Å². The first kappa shape index (κ1) is 26.3. The highest BCUT2D eigenvalue weighted by atomic mass is 32.2. The Labute approximate surface area is 221 Å². The average Bonchev–Trinajstić information content (AvgIpc) is 3.33. The second-order valence-corrected chi connectivity index (χ2v) is 12.0. The number of nitrogens with one attached hydrogen (secondary N) is 1. The van der Waals surface area contributed by atoms with Crippen molar-refractivity contribution in [3.05, 3.63) is 63.9 Å². The first-order chi connectivity index (χ1) is 17.1. The van der Waals surface area contributed by atoms with Crippen LogP contribution in [0.2, 0.25) is 0 Å². The van der Waals surface area contributed by atoms with E-state index in [1.54, 1.807) is 11.8 Å². The number of carbonyl (C=O) groups is 2. The first-order valence-electron chi connectivity index (χ1n) is 12.2. The lowest BCUT2D eigenvalue weighted by atomic mass is 9.89. The molecule has 2 amide bonds. The molecule has 1 aliphatic heterocycles. The van der Waals surface area contributed by atoms with Crippen LogP contribution in [0.5, 0.6) is 0 Å². The summed E-state index contributed by atoms with van der Waals surface area (Å²) in [5.41, 5.74) is 3.14. The smallest absolute Gasteiger partial charge is 0.259 e. The minimum Gasteiger partial charge on any atom is -0.342 e. The van der Waals surface area contributed by atoms with Crippen molar-refractivity contribution < 1.29 is 9.59 Å². The van der Waals surface area contributed by atoms with E-state index in [4.69, 9.17) is 4.98 Å². The molecule has 3 aromatic rings. The third kappa shape index (κ3) is 6.31. The molecule has 36 heavy (non-hydrogen) atoms. The molecule has 1 aliphatic rings. The summed E-state index contributed by atoms with van der Waals surface area (Å²) in [4.78, 5) is 34.0. The third-order valence-corrected chi connectivity index (χ3v) is 8.35. The van der Waals surface area contributed by atoms with Crippen molar-refractivity contribution in [2.24, 2.45) is 0 Å². The molecule has 0 aliphatic carbocycles. The van der Waals surface area contributed by atoms with Gasteiger partial charge in [-0.3, -0.25) is 19.9 Å². The molecule has 0 bridgehead atoms. The van der Waals surface area contributed by atoms with Gasteiger partial charge in [-0.1, -0.05) is 44.2 Å². The van der Waals surface area contributed by atoms with Crippen molar-refractivity contribution >= 4 is 40.0 Å². The van der Waals surface area contributed by atoms with Crippen LogP contribution in [0.25, 0.3) is 0 Å². The fourth-order valence-electron chi connectivity index (χ4n) is 4.25. The van der Waals surface area contributed by atoms with Crippen LogP contribution in [0.3, 0.4) is 0 Å². The number of benzene rings is 1. The number of thioether (sulfide) groups is 1. The maximum Gasteiger partial charge on any atom is 0.259 e. The van der Waals surface area contributed by atoms with Crippen LogP contribution < -0.4 is 5.32 Å². The largest absolute Gasteiger partial charge is 0.342 e. The summed E-state index contributed by atoms with van der Waals surface area (Å²) in [5.74, 6) is 0.0443. The van der Waals surface area contributed by atoms with Crippen LogP contribution in [0.15, 0.2) is 41.3 Å². The number of hydrogen-bond donors (Lipinski definition) is 1. The van der Waals surface area contributed by atoms with Gasteiger partial charge in [-0.15, -0.1) is 22.0 Å². The minimum absolute atomic E-state index is 0.120. The molecule has 0 unspecified atom stereocenters. The van der Waals surface area contributed by atoms with Crippen molar-refractivity contribution in [1.82, 2.24) is 20.1 Å². The van der Waals surface area contributed by atoms with E-state index in [0.717, 1.165) is 34.8 Å². The second kappa shape index (κ2) is 11.1. The number of carbonyl (C=O) groups excluding carboxylic acids is 2. The van der Waals surface area contributed by atoms with E-state index in [2.05, 4.69) is 48.4 Å². The van der Waals surface area contributed by atoms with Crippen LogP contribution in [-0.2, 0) is 16.6 Å². The lowest BCUT2D eigenvalue weighted by Gasteiger charge is -2.32. The van der Waals surface area contributed by atoms with Crippen LogP contribution in [0, 0.1) is 6.92 Å². The Morgan fingerprint density at radius 1 is 1.08 bits per heavy atom. The summed E-state index contributed by atoms with van der Waals surface area (Å²) >= 11 is 3.09. The third-order valence-electron chi connectivity index (χ3n) is 6.34. The Hall–Kier alpha value is -2.78. The van der Waals surface area contributed by atoms with Crippen molar-refractivity contribution in [3.8, 4) is 0 Å². The number of likely N-dealkylation sites (tertiary alicyclic amines) is 1. The lowest BCUT2D eigenvalue weighted by Crippen LogP contribution is -2.39. The molecule has 0 atom stereocenters. The molecule has 0 radical (unpaired) electrons. The zero-order chi connectivity index (χ0) is 25.9. The Morgan fingerprint density at radius 3 is 2.39 bits per heavy atom. The van der Waals surface area contributed by atoms with Gasteiger partial charge in [-0.05, 0) is 55.9 Å². The number of nitrogens with zero attached hydrogens (tertiary/aromatic N) is 4. The molecule has 1 saturated heterocycles. The number of rotatable bonds is 6. The van der Waals surface area contributed by atoms with Gasteiger partial charge in [0.05, 0.1) is 17.7 Å². The normalized spacial score (nSPS) is 14.6. The fourth-order valence-corrected chi connectivity index (χ4v) is 5.46. The SMILES string of the molecule is CSc1ccc(CC(=O)N2CCC(c3nc(C)ccc3C(=O)Nc3nnc(C(C)(C)C)s3)CC2)cc1. The summed E-state index contributed by atoms with van der Waals surface area (Å²) in [6.45, 7) is 9.47. The Balaban J connectivity index is 1.41. The molecule has 7 nitrogen and oxygen atoms in total. The number of hydrogen-bond acceptors (Lipinski definition) is 7. The van der Waals surface area contributed by atoms with E-state index in [1.807, 2.05) is 42.3 Å². The molecule has 0 saturated carbocycles. The van der Waals surface area contributed by atoms with Crippen molar-refractivity contribution in [1.29, 1.82) is 0 Å². The number of amides is 2. The molecule has 2 aromatic heterocycles. The topological polar surface area (TPSA) is 88.1 Å². The maximum atomic E-state index is 13.2. The fraction of sp³-hybridized carbons (Fsp3) is 0.444. The second-order valence-electron chi connectivity index (χ2n) is 10.2. The van der Waals surface area contributed by atoms with Crippen molar-refractivity contribution in [2.75, 3.05) is 24.7 Å². The summed E-state index contributed by atoms with van der Waals surface area (Å²) < 4.78 is 0. The predicted molar refractivity (Wildman–Crippen MR) is 146 cm³/mol. The van der Waals surface area contributed by atoms with E-state index >= 15 is 0 Å². The van der Waals surface area contributed by atoms with Crippen LogP contribution in [0.1, 0.15) is 71.8 Å². The summed E-state index contributed by atoms with van der Waals surface area (Å²) in [6.07, 6.45) is 4.01. The van der Waals surface area contributed by atoms with E-state index in [0.29, 0.717) is 30.2 Å². The van der Waals surface area contributed by atoms with Crippen molar-refractivity contribution in [3.63, 3.8) is 0 Å². The number of piperidine rings is 1. The first-order valence-corrected chi connectivity index (χ1v) is 14.2. The number of aromatic nitrogens is 3. The van der Waals surface area contributed by atoms with Crippen LogP contribution >= 0.6 is 23.1 Å². The number of aryl methyl sites for hydroxylation is 1. The maximum absolute atomic E-state index is 13.2. The van der Waals surface area contributed by atoms with Crippen LogP contribution in [0.4, 0.5) is 5.13 Å². The van der Waals surface area contributed by atoms with Gasteiger partial charge in [0.15, 0.2) is 0 Å². The minimum atomic E-state index is -0.221. The molecular weight excluding hydrogens is 490 g/mol. The highest BCUT2D eigenvalue weighted by Crippen LogP contribution is 2.31. The highest BCUT2D eigenvalue weighted by molar-refractivity contribution is 7.98. The summed E-state index contributed by atoms with van der Waals surface area (Å²) in [6, 6.07) is 11.9.